The van der Waals surface area contributed by atoms with E-state index in [-0.39, 0.29) is 24.0 Å². The normalized spacial score (nSPS) is 21.8. The Labute approximate surface area is 200 Å². The Kier molecular flexibility index (Phi) is 6.50. The van der Waals surface area contributed by atoms with Crippen LogP contribution in [-0.2, 0) is 11.2 Å². The van der Waals surface area contributed by atoms with Crippen LogP contribution in [0.5, 0.6) is 5.75 Å². The Balaban J connectivity index is 1.30. The second-order valence-electron chi connectivity index (χ2n) is 9.45. The summed E-state index contributed by atoms with van der Waals surface area (Å²) in [7, 11) is 0. The van der Waals surface area contributed by atoms with Crippen LogP contribution in [0.4, 0.5) is 0 Å². The van der Waals surface area contributed by atoms with Gasteiger partial charge in [-0.15, -0.1) is 0 Å². The van der Waals surface area contributed by atoms with Crippen molar-refractivity contribution in [2.75, 3.05) is 13.1 Å². The fourth-order valence-corrected chi connectivity index (χ4v) is 5.01. The smallest absolute Gasteiger partial charge is 0.227 e. The van der Waals surface area contributed by atoms with Crippen molar-refractivity contribution in [3.63, 3.8) is 0 Å². The molecule has 1 aliphatic carbocycles. The SMILES string of the molecule is CC(C)Oc1ccc(-c2n[nH]c3c2CC(C(=O)N[C@@H]2CNCC[C@H]2c2ccccc2)C=C3)cc1. The second-order valence-corrected chi connectivity index (χ2v) is 9.45. The van der Waals surface area contributed by atoms with Gasteiger partial charge in [-0.05, 0) is 69.1 Å². The molecule has 0 spiro atoms. The molecule has 1 aliphatic heterocycles. The summed E-state index contributed by atoms with van der Waals surface area (Å²) in [6.07, 6.45) is 5.76. The van der Waals surface area contributed by atoms with Crippen LogP contribution in [0, 0.1) is 5.92 Å². The summed E-state index contributed by atoms with van der Waals surface area (Å²) in [5.74, 6) is 1.02. The van der Waals surface area contributed by atoms with E-state index in [9.17, 15) is 4.79 Å². The third-order valence-electron chi connectivity index (χ3n) is 6.69. The van der Waals surface area contributed by atoms with Gasteiger partial charge >= 0.3 is 0 Å². The number of carbonyl (C=O) groups is 1. The number of aromatic nitrogens is 2. The van der Waals surface area contributed by atoms with Gasteiger partial charge in [-0.3, -0.25) is 9.89 Å². The Morgan fingerprint density at radius 2 is 1.91 bits per heavy atom. The van der Waals surface area contributed by atoms with Gasteiger partial charge in [0.1, 0.15) is 5.75 Å². The van der Waals surface area contributed by atoms with E-state index < -0.39 is 0 Å². The van der Waals surface area contributed by atoms with E-state index in [1.165, 1.54) is 5.56 Å². The first-order valence-corrected chi connectivity index (χ1v) is 12.2. The van der Waals surface area contributed by atoms with E-state index in [0.29, 0.717) is 12.3 Å². The number of nitrogens with zero attached hydrogens (tertiary/aromatic N) is 1. The summed E-state index contributed by atoms with van der Waals surface area (Å²) in [6, 6.07) is 18.6. The molecular weight excluding hydrogens is 424 g/mol. The summed E-state index contributed by atoms with van der Waals surface area (Å²) < 4.78 is 5.76. The van der Waals surface area contributed by atoms with Gasteiger partial charge in [0.05, 0.1) is 23.4 Å². The summed E-state index contributed by atoms with van der Waals surface area (Å²) >= 11 is 0. The van der Waals surface area contributed by atoms with Gasteiger partial charge in [-0.25, -0.2) is 0 Å². The fraction of sp³-hybridized carbons (Fsp3) is 0.357. The molecule has 3 atom stereocenters. The molecule has 1 unspecified atom stereocenters. The van der Waals surface area contributed by atoms with E-state index >= 15 is 0 Å². The molecule has 1 saturated heterocycles. The molecule has 6 heteroatoms. The third kappa shape index (κ3) is 4.77. The van der Waals surface area contributed by atoms with Gasteiger partial charge in [0, 0.05) is 29.6 Å². The average molecular weight is 457 g/mol. The van der Waals surface area contributed by atoms with Crippen molar-refractivity contribution >= 4 is 12.0 Å². The van der Waals surface area contributed by atoms with Gasteiger partial charge in [-0.1, -0.05) is 36.4 Å². The molecule has 3 N–H and O–H groups in total. The number of nitrogens with one attached hydrogen (secondary N) is 3. The zero-order valence-corrected chi connectivity index (χ0v) is 19.8. The summed E-state index contributed by atoms with van der Waals surface area (Å²) in [4.78, 5) is 13.3. The molecule has 6 nitrogen and oxygen atoms in total. The number of rotatable bonds is 6. The molecule has 2 heterocycles. The Morgan fingerprint density at radius 1 is 1.12 bits per heavy atom. The Bertz CT molecular complexity index is 1150. The maximum absolute atomic E-state index is 13.3. The van der Waals surface area contributed by atoms with Crippen LogP contribution >= 0.6 is 0 Å². The highest BCUT2D eigenvalue weighted by atomic mass is 16.5. The van der Waals surface area contributed by atoms with E-state index in [1.54, 1.807) is 0 Å². The number of carbonyl (C=O) groups excluding carboxylic acids is 1. The van der Waals surface area contributed by atoms with Crippen LogP contribution in [0.25, 0.3) is 17.3 Å². The largest absolute Gasteiger partial charge is 0.491 e. The van der Waals surface area contributed by atoms with Gasteiger partial charge < -0.3 is 15.4 Å². The lowest BCUT2D eigenvalue weighted by Gasteiger charge is -2.34. The summed E-state index contributed by atoms with van der Waals surface area (Å²) in [5, 5.41) is 14.5. The Morgan fingerprint density at radius 3 is 2.68 bits per heavy atom. The molecule has 2 aliphatic rings. The predicted molar refractivity (Wildman–Crippen MR) is 135 cm³/mol. The quantitative estimate of drug-likeness (QED) is 0.516. The minimum absolute atomic E-state index is 0.0735. The number of hydrogen-bond acceptors (Lipinski definition) is 4. The molecule has 1 fully saturated rings. The van der Waals surface area contributed by atoms with Crippen LogP contribution in [0.3, 0.4) is 0 Å². The molecule has 34 heavy (non-hydrogen) atoms. The zero-order valence-electron chi connectivity index (χ0n) is 19.8. The minimum Gasteiger partial charge on any atom is -0.491 e. The van der Waals surface area contributed by atoms with Crippen LogP contribution in [0.1, 0.15) is 43.0 Å². The molecule has 176 valence electrons. The monoisotopic (exact) mass is 456 g/mol. The van der Waals surface area contributed by atoms with Crippen molar-refractivity contribution in [2.45, 2.75) is 44.8 Å². The highest BCUT2D eigenvalue weighted by molar-refractivity contribution is 5.84. The van der Waals surface area contributed by atoms with E-state index in [4.69, 9.17) is 4.74 Å². The molecule has 1 amide bonds. The molecule has 2 aromatic carbocycles. The summed E-state index contributed by atoms with van der Waals surface area (Å²) in [5.41, 5.74) is 5.26. The van der Waals surface area contributed by atoms with Crippen LogP contribution < -0.4 is 15.4 Å². The number of ether oxygens (including phenoxy) is 1. The molecule has 0 bridgehead atoms. The molecule has 0 radical (unpaired) electrons. The number of H-pyrrole nitrogens is 1. The lowest BCUT2D eigenvalue weighted by atomic mass is 9.85. The lowest BCUT2D eigenvalue weighted by Crippen LogP contribution is -2.51. The molecular formula is C28H32N4O2. The Hall–Kier alpha value is -3.38. The lowest BCUT2D eigenvalue weighted by molar-refractivity contribution is -0.124. The molecule has 5 rings (SSSR count). The topological polar surface area (TPSA) is 79.0 Å². The average Bonchev–Trinajstić information content (AvgIpc) is 3.28. The highest BCUT2D eigenvalue weighted by Gasteiger charge is 2.31. The minimum atomic E-state index is -0.217. The number of hydrogen-bond donors (Lipinski definition) is 3. The van der Waals surface area contributed by atoms with E-state index in [0.717, 1.165) is 47.8 Å². The zero-order chi connectivity index (χ0) is 23.5. The molecule has 3 aromatic rings. The van der Waals surface area contributed by atoms with E-state index in [2.05, 4.69) is 45.1 Å². The van der Waals surface area contributed by atoms with Crippen molar-refractivity contribution in [3.8, 4) is 17.0 Å². The molecule has 0 saturated carbocycles. The van der Waals surface area contributed by atoms with Crippen molar-refractivity contribution in [1.82, 2.24) is 20.8 Å². The summed E-state index contributed by atoms with van der Waals surface area (Å²) in [6.45, 7) is 5.79. The van der Waals surface area contributed by atoms with Crippen molar-refractivity contribution < 1.29 is 9.53 Å². The predicted octanol–water partition coefficient (Wildman–Crippen LogP) is 4.31. The number of benzene rings is 2. The third-order valence-corrected chi connectivity index (χ3v) is 6.69. The van der Waals surface area contributed by atoms with Crippen LogP contribution in [-0.4, -0.2) is 41.3 Å². The standard InChI is InChI=1S/C28H32N4O2/c1-18(2)34-22-11-8-20(9-12-22)27-24-16-21(10-13-25(24)31-32-27)28(33)30-26-17-29-15-14-23(26)19-6-4-3-5-7-19/h3-13,18,21,23,26,29H,14-17H2,1-2H3,(H,30,33)(H,31,32)/t21?,23-,26+/m0/s1. The van der Waals surface area contributed by atoms with Gasteiger partial charge in [0.25, 0.3) is 0 Å². The first-order chi connectivity index (χ1) is 16.6. The number of amides is 1. The fourth-order valence-electron chi connectivity index (χ4n) is 5.01. The second kappa shape index (κ2) is 9.85. The first kappa shape index (κ1) is 22.4. The van der Waals surface area contributed by atoms with Crippen molar-refractivity contribution in [2.24, 2.45) is 5.92 Å². The number of aromatic amines is 1. The van der Waals surface area contributed by atoms with Gasteiger partial charge in [0.15, 0.2) is 0 Å². The highest BCUT2D eigenvalue weighted by Crippen LogP contribution is 2.32. The molecule has 1 aromatic heterocycles. The first-order valence-electron chi connectivity index (χ1n) is 12.2. The van der Waals surface area contributed by atoms with E-state index in [1.807, 2.05) is 56.3 Å². The number of piperidine rings is 1. The van der Waals surface area contributed by atoms with Gasteiger partial charge in [0.2, 0.25) is 5.91 Å². The maximum atomic E-state index is 13.3. The van der Waals surface area contributed by atoms with Crippen LogP contribution in [0.15, 0.2) is 60.7 Å². The van der Waals surface area contributed by atoms with Crippen LogP contribution in [0.2, 0.25) is 0 Å². The van der Waals surface area contributed by atoms with Gasteiger partial charge in [-0.2, -0.15) is 5.10 Å². The number of fused-ring (bicyclic) bond motifs is 1. The van der Waals surface area contributed by atoms with Crippen molar-refractivity contribution in [3.05, 3.63) is 77.5 Å². The van der Waals surface area contributed by atoms with Crippen molar-refractivity contribution in [1.29, 1.82) is 0 Å². The maximum Gasteiger partial charge on any atom is 0.227 e.